The van der Waals surface area contributed by atoms with Gasteiger partial charge in [-0.3, -0.25) is 14.6 Å². The molecule has 0 aliphatic carbocycles. The van der Waals surface area contributed by atoms with Gasteiger partial charge in [-0.15, -0.1) is 0 Å². The van der Waals surface area contributed by atoms with Gasteiger partial charge in [-0.25, -0.2) is 4.39 Å². The third-order valence-corrected chi connectivity index (χ3v) is 5.55. The highest BCUT2D eigenvalue weighted by Crippen LogP contribution is 2.40. The number of aromatic nitrogens is 1. The van der Waals surface area contributed by atoms with Crippen molar-refractivity contribution in [3.63, 3.8) is 0 Å². The molecular formula is C26H23FN2O4. The Morgan fingerprint density at radius 2 is 1.91 bits per heavy atom. The van der Waals surface area contributed by atoms with E-state index in [1.54, 1.807) is 54.9 Å². The summed E-state index contributed by atoms with van der Waals surface area (Å²) in [7, 11) is 0. The topological polar surface area (TPSA) is 79.7 Å². The van der Waals surface area contributed by atoms with Gasteiger partial charge in [-0.05, 0) is 66.9 Å². The molecule has 6 nitrogen and oxygen atoms in total. The molecular weight excluding hydrogens is 423 g/mol. The molecule has 4 rings (SSSR count). The molecule has 1 atom stereocenters. The molecule has 7 heteroatoms. The van der Waals surface area contributed by atoms with Gasteiger partial charge in [0, 0.05) is 24.5 Å². The van der Waals surface area contributed by atoms with Gasteiger partial charge in [-0.2, -0.15) is 0 Å². The van der Waals surface area contributed by atoms with E-state index in [0.717, 1.165) is 5.56 Å². The molecule has 168 valence electrons. The molecule has 1 amide bonds. The number of ketones is 1. The first-order valence-electron chi connectivity index (χ1n) is 10.6. The Labute approximate surface area is 191 Å². The predicted molar refractivity (Wildman–Crippen MR) is 121 cm³/mol. The van der Waals surface area contributed by atoms with Crippen molar-refractivity contribution in [1.82, 2.24) is 9.88 Å². The van der Waals surface area contributed by atoms with Gasteiger partial charge in [0.15, 0.2) is 0 Å². The third-order valence-electron chi connectivity index (χ3n) is 5.55. The van der Waals surface area contributed by atoms with Gasteiger partial charge in [0.05, 0.1) is 18.2 Å². The van der Waals surface area contributed by atoms with E-state index in [1.807, 2.05) is 13.8 Å². The maximum absolute atomic E-state index is 13.4. The second kappa shape index (κ2) is 9.24. The maximum atomic E-state index is 13.4. The number of pyridine rings is 1. The molecule has 0 radical (unpaired) electrons. The molecule has 2 heterocycles. The van der Waals surface area contributed by atoms with Gasteiger partial charge in [0.25, 0.3) is 11.7 Å². The third kappa shape index (κ3) is 4.35. The van der Waals surface area contributed by atoms with Crippen LogP contribution >= 0.6 is 0 Å². The largest absolute Gasteiger partial charge is 0.507 e. The number of carbonyl (C=O) groups excluding carboxylic acids is 2. The van der Waals surface area contributed by atoms with Gasteiger partial charge in [-0.1, -0.05) is 18.2 Å². The number of nitrogens with zero attached hydrogens (tertiary/aromatic N) is 2. The van der Waals surface area contributed by atoms with Crippen LogP contribution in [0, 0.1) is 12.7 Å². The smallest absolute Gasteiger partial charge is 0.295 e. The SMILES string of the molecule is CCOc1ccc(/C(O)=C2/C(=O)C(=O)N(Cc3ccc(F)cc3)C2c2cccnc2)cc1C. The van der Waals surface area contributed by atoms with Crippen LogP contribution in [0.3, 0.4) is 0 Å². The zero-order valence-corrected chi connectivity index (χ0v) is 18.3. The first-order chi connectivity index (χ1) is 15.9. The summed E-state index contributed by atoms with van der Waals surface area (Å²) in [5.41, 5.74) is 2.43. The Kier molecular flexibility index (Phi) is 6.22. The van der Waals surface area contributed by atoms with Crippen molar-refractivity contribution in [3.8, 4) is 5.75 Å². The number of aliphatic hydroxyl groups is 1. The predicted octanol–water partition coefficient (Wildman–Crippen LogP) is 4.55. The Morgan fingerprint density at radius 1 is 1.15 bits per heavy atom. The minimum atomic E-state index is -0.837. The lowest BCUT2D eigenvalue weighted by atomic mass is 9.95. The van der Waals surface area contributed by atoms with Crippen molar-refractivity contribution >= 4 is 17.4 Å². The second-order valence-corrected chi connectivity index (χ2v) is 7.75. The van der Waals surface area contributed by atoms with E-state index in [2.05, 4.69) is 4.98 Å². The first kappa shape index (κ1) is 22.2. The standard InChI is InChI=1S/C26H23FN2O4/c1-3-33-21-11-8-18(13-16(21)2)24(30)22-23(19-5-4-12-28-14-19)29(26(32)25(22)31)15-17-6-9-20(27)10-7-17/h4-14,23,30H,3,15H2,1-2H3/b24-22-. The summed E-state index contributed by atoms with van der Waals surface area (Å²) in [6.45, 7) is 4.29. The number of aliphatic hydroxyl groups excluding tert-OH is 1. The number of hydrogen-bond acceptors (Lipinski definition) is 5. The van der Waals surface area contributed by atoms with Crippen molar-refractivity contribution in [3.05, 3.63) is 101 Å². The first-order valence-corrected chi connectivity index (χ1v) is 10.6. The molecule has 1 fully saturated rings. The van der Waals surface area contributed by atoms with Crippen molar-refractivity contribution < 1.29 is 23.8 Å². The molecule has 0 spiro atoms. The minimum Gasteiger partial charge on any atom is -0.507 e. The van der Waals surface area contributed by atoms with E-state index in [1.165, 1.54) is 17.0 Å². The van der Waals surface area contributed by atoms with E-state index >= 15 is 0 Å². The van der Waals surface area contributed by atoms with E-state index in [9.17, 15) is 19.1 Å². The molecule has 1 aliphatic heterocycles. The summed E-state index contributed by atoms with van der Waals surface area (Å²) >= 11 is 0. The summed E-state index contributed by atoms with van der Waals surface area (Å²) < 4.78 is 18.9. The average molecular weight is 446 g/mol. The summed E-state index contributed by atoms with van der Waals surface area (Å²) in [6.07, 6.45) is 3.15. The zero-order chi connectivity index (χ0) is 23.5. The highest BCUT2D eigenvalue weighted by Gasteiger charge is 2.46. The van der Waals surface area contributed by atoms with Crippen molar-refractivity contribution in [2.75, 3.05) is 6.61 Å². The van der Waals surface area contributed by atoms with Crippen LogP contribution in [0.1, 0.15) is 35.2 Å². The molecule has 1 N–H and O–H groups in total. The fourth-order valence-electron chi connectivity index (χ4n) is 3.98. The number of carbonyl (C=O) groups is 2. The van der Waals surface area contributed by atoms with Crippen molar-refractivity contribution in [2.24, 2.45) is 0 Å². The Bertz CT molecular complexity index is 1220. The van der Waals surface area contributed by atoms with Gasteiger partial charge in [0.1, 0.15) is 17.3 Å². The van der Waals surface area contributed by atoms with Crippen LogP contribution in [-0.4, -0.2) is 33.3 Å². The summed E-state index contributed by atoms with van der Waals surface area (Å²) in [5.74, 6) is -1.51. The summed E-state index contributed by atoms with van der Waals surface area (Å²) in [6, 6.07) is 13.4. The molecule has 1 aromatic heterocycles. The van der Waals surface area contributed by atoms with Gasteiger partial charge in [0.2, 0.25) is 0 Å². The lowest BCUT2D eigenvalue weighted by molar-refractivity contribution is -0.140. The molecule has 1 unspecified atom stereocenters. The number of benzene rings is 2. The Balaban J connectivity index is 1.81. The Hall–Kier alpha value is -4.00. The number of aryl methyl sites for hydroxylation is 1. The number of hydrogen-bond donors (Lipinski definition) is 1. The highest BCUT2D eigenvalue weighted by molar-refractivity contribution is 6.46. The number of likely N-dealkylation sites (tertiary alicyclic amines) is 1. The van der Waals surface area contributed by atoms with E-state index < -0.39 is 23.5 Å². The zero-order valence-electron chi connectivity index (χ0n) is 18.3. The average Bonchev–Trinajstić information content (AvgIpc) is 3.07. The fraction of sp³-hybridized carbons (Fsp3) is 0.192. The minimum absolute atomic E-state index is 0.0151. The second-order valence-electron chi connectivity index (χ2n) is 7.75. The number of rotatable bonds is 6. The van der Waals surface area contributed by atoms with Crippen LogP contribution in [-0.2, 0) is 16.1 Å². The molecule has 0 saturated carbocycles. The van der Waals surface area contributed by atoms with Gasteiger partial charge >= 0.3 is 0 Å². The maximum Gasteiger partial charge on any atom is 0.295 e. The van der Waals surface area contributed by atoms with Crippen molar-refractivity contribution in [2.45, 2.75) is 26.4 Å². The number of ether oxygens (including phenoxy) is 1. The molecule has 3 aromatic rings. The molecule has 1 saturated heterocycles. The molecule has 0 bridgehead atoms. The normalized spacial score (nSPS) is 17.4. The van der Waals surface area contributed by atoms with Crippen LogP contribution in [0.4, 0.5) is 4.39 Å². The molecule has 1 aliphatic rings. The molecule has 2 aromatic carbocycles. The lowest BCUT2D eigenvalue weighted by Gasteiger charge is -2.25. The van der Waals surface area contributed by atoms with E-state index in [4.69, 9.17) is 4.74 Å². The van der Waals surface area contributed by atoms with Crippen molar-refractivity contribution in [1.29, 1.82) is 0 Å². The molecule has 33 heavy (non-hydrogen) atoms. The van der Waals surface area contributed by atoms with Gasteiger partial charge < -0.3 is 14.7 Å². The Morgan fingerprint density at radius 3 is 2.55 bits per heavy atom. The lowest BCUT2D eigenvalue weighted by Crippen LogP contribution is -2.29. The highest BCUT2D eigenvalue weighted by atomic mass is 19.1. The fourth-order valence-corrected chi connectivity index (χ4v) is 3.98. The van der Waals surface area contributed by atoms with Crippen LogP contribution in [0.25, 0.3) is 5.76 Å². The van der Waals surface area contributed by atoms with Crippen LogP contribution < -0.4 is 4.74 Å². The number of Topliss-reactive ketones (excluding diaryl/α,β-unsaturated/α-hetero) is 1. The van der Waals surface area contributed by atoms with E-state index in [-0.39, 0.29) is 17.9 Å². The summed E-state index contributed by atoms with van der Waals surface area (Å²) in [4.78, 5) is 31.6. The number of amides is 1. The number of halogens is 1. The summed E-state index contributed by atoms with van der Waals surface area (Å²) in [5, 5.41) is 11.2. The monoisotopic (exact) mass is 446 g/mol. The van der Waals surface area contributed by atoms with Crippen LogP contribution in [0.2, 0.25) is 0 Å². The quantitative estimate of drug-likeness (QED) is 0.341. The van der Waals surface area contributed by atoms with E-state index in [0.29, 0.717) is 29.0 Å². The van der Waals surface area contributed by atoms with Crippen LogP contribution in [0.15, 0.2) is 72.6 Å². The van der Waals surface area contributed by atoms with Crippen LogP contribution in [0.5, 0.6) is 5.75 Å².